The maximum Gasteiger partial charge on any atom is 0.328 e. The van der Waals surface area contributed by atoms with Crippen LogP contribution in [0.15, 0.2) is 18.2 Å². The fourth-order valence-corrected chi connectivity index (χ4v) is 1.54. The van der Waals surface area contributed by atoms with E-state index in [1.54, 1.807) is 19.2 Å². The standard InChI is InChI=1S/C10H9Cl2NO2/c1-13-7-4-2-6(3-5-8(14)15)9(11)10(7)12/h2-5,13H,1H3,(H,14,15). The summed E-state index contributed by atoms with van der Waals surface area (Å²) in [5, 5.41) is 12.0. The molecule has 0 heterocycles. The Kier molecular flexibility index (Phi) is 4.00. The van der Waals surface area contributed by atoms with Gasteiger partial charge in [0.1, 0.15) is 0 Å². The number of hydrogen-bond acceptors (Lipinski definition) is 2. The molecule has 0 saturated heterocycles. The van der Waals surface area contributed by atoms with Crippen molar-refractivity contribution in [3.05, 3.63) is 33.8 Å². The number of hydrogen-bond donors (Lipinski definition) is 2. The highest BCUT2D eigenvalue weighted by Crippen LogP contribution is 2.33. The summed E-state index contributed by atoms with van der Waals surface area (Å²) in [4.78, 5) is 10.3. The predicted octanol–water partition coefficient (Wildman–Crippen LogP) is 3.13. The molecule has 0 aliphatic heterocycles. The van der Waals surface area contributed by atoms with Gasteiger partial charge in [0.05, 0.1) is 15.7 Å². The Bertz CT molecular complexity index is 416. The number of halogens is 2. The molecule has 2 N–H and O–H groups in total. The molecular weight excluding hydrogens is 237 g/mol. The molecule has 15 heavy (non-hydrogen) atoms. The fraction of sp³-hybridized carbons (Fsp3) is 0.100. The Labute approximate surface area is 97.3 Å². The zero-order valence-corrected chi connectivity index (χ0v) is 9.43. The molecule has 0 saturated carbocycles. The van der Waals surface area contributed by atoms with Crippen LogP contribution in [-0.4, -0.2) is 18.1 Å². The first kappa shape index (κ1) is 11.9. The van der Waals surface area contributed by atoms with Gasteiger partial charge in [0, 0.05) is 13.1 Å². The minimum absolute atomic E-state index is 0.334. The first-order valence-electron chi connectivity index (χ1n) is 4.13. The SMILES string of the molecule is CNc1ccc(C=CC(=O)O)c(Cl)c1Cl. The molecule has 0 aliphatic carbocycles. The summed E-state index contributed by atoms with van der Waals surface area (Å²) in [5.74, 6) is -1.03. The smallest absolute Gasteiger partial charge is 0.328 e. The molecule has 0 aliphatic rings. The van der Waals surface area contributed by atoms with Gasteiger partial charge in [-0.2, -0.15) is 0 Å². The van der Waals surface area contributed by atoms with Crippen LogP contribution in [0.4, 0.5) is 5.69 Å². The Hall–Kier alpha value is -1.19. The van der Waals surface area contributed by atoms with Gasteiger partial charge < -0.3 is 10.4 Å². The van der Waals surface area contributed by atoms with Crippen molar-refractivity contribution in [2.75, 3.05) is 12.4 Å². The highest BCUT2D eigenvalue weighted by molar-refractivity contribution is 6.44. The van der Waals surface area contributed by atoms with Crippen LogP contribution in [0, 0.1) is 0 Å². The quantitative estimate of drug-likeness (QED) is 0.805. The van der Waals surface area contributed by atoms with E-state index in [0.29, 0.717) is 21.3 Å². The van der Waals surface area contributed by atoms with E-state index in [1.807, 2.05) is 0 Å². The largest absolute Gasteiger partial charge is 0.478 e. The van der Waals surface area contributed by atoms with E-state index in [9.17, 15) is 4.79 Å². The van der Waals surface area contributed by atoms with Gasteiger partial charge in [0.15, 0.2) is 0 Å². The Morgan fingerprint density at radius 2 is 2.07 bits per heavy atom. The van der Waals surface area contributed by atoms with Crippen molar-refractivity contribution >= 4 is 40.9 Å². The molecule has 0 aromatic heterocycles. The molecule has 0 radical (unpaired) electrons. The van der Waals surface area contributed by atoms with Crippen molar-refractivity contribution in [1.82, 2.24) is 0 Å². The van der Waals surface area contributed by atoms with Crippen LogP contribution in [0.1, 0.15) is 5.56 Å². The highest BCUT2D eigenvalue weighted by Gasteiger charge is 2.06. The number of anilines is 1. The van der Waals surface area contributed by atoms with Crippen molar-refractivity contribution < 1.29 is 9.90 Å². The molecule has 80 valence electrons. The van der Waals surface area contributed by atoms with Gasteiger partial charge >= 0.3 is 5.97 Å². The van der Waals surface area contributed by atoms with Gasteiger partial charge in [-0.25, -0.2) is 4.79 Å². The Morgan fingerprint density at radius 1 is 1.40 bits per heavy atom. The Balaban J connectivity index is 3.12. The highest BCUT2D eigenvalue weighted by atomic mass is 35.5. The minimum Gasteiger partial charge on any atom is -0.478 e. The van der Waals surface area contributed by atoms with E-state index in [1.165, 1.54) is 6.08 Å². The molecule has 0 atom stereocenters. The summed E-state index contributed by atoms with van der Waals surface area (Å²) in [7, 11) is 1.73. The van der Waals surface area contributed by atoms with Crippen LogP contribution in [-0.2, 0) is 4.79 Å². The first-order valence-corrected chi connectivity index (χ1v) is 4.88. The first-order chi connectivity index (χ1) is 7.06. The third kappa shape index (κ3) is 2.88. The van der Waals surface area contributed by atoms with Gasteiger partial charge in [-0.15, -0.1) is 0 Å². The summed E-state index contributed by atoms with van der Waals surface area (Å²) in [5.41, 5.74) is 1.28. The molecule has 1 aromatic rings. The van der Waals surface area contributed by atoms with Gasteiger partial charge in [-0.05, 0) is 17.7 Å². The average molecular weight is 246 g/mol. The molecule has 0 bridgehead atoms. The van der Waals surface area contributed by atoms with E-state index < -0.39 is 5.97 Å². The molecule has 3 nitrogen and oxygen atoms in total. The number of aliphatic carboxylic acids is 1. The summed E-state index contributed by atoms with van der Waals surface area (Å²) in [6, 6.07) is 3.43. The van der Waals surface area contributed by atoms with Gasteiger partial charge in [0.25, 0.3) is 0 Å². The number of nitrogens with one attached hydrogen (secondary N) is 1. The maximum atomic E-state index is 10.3. The second kappa shape index (κ2) is 5.05. The van der Waals surface area contributed by atoms with E-state index >= 15 is 0 Å². The van der Waals surface area contributed by atoms with Crippen molar-refractivity contribution in [2.24, 2.45) is 0 Å². The van der Waals surface area contributed by atoms with Gasteiger partial charge in [-0.1, -0.05) is 29.3 Å². The van der Waals surface area contributed by atoms with Gasteiger partial charge in [0.2, 0.25) is 0 Å². The molecule has 1 aromatic carbocycles. The van der Waals surface area contributed by atoms with Crippen LogP contribution in [0.5, 0.6) is 0 Å². The van der Waals surface area contributed by atoms with Crippen LogP contribution in [0.2, 0.25) is 10.0 Å². The van der Waals surface area contributed by atoms with Crippen LogP contribution >= 0.6 is 23.2 Å². The molecule has 0 unspecified atom stereocenters. The lowest BCUT2D eigenvalue weighted by Gasteiger charge is -2.06. The predicted molar refractivity (Wildman–Crippen MR) is 62.7 cm³/mol. The van der Waals surface area contributed by atoms with Crippen molar-refractivity contribution in [3.63, 3.8) is 0 Å². The number of benzene rings is 1. The summed E-state index contributed by atoms with van der Waals surface area (Å²) >= 11 is 11.9. The van der Waals surface area contributed by atoms with Crippen LogP contribution in [0.3, 0.4) is 0 Å². The molecule has 0 amide bonds. The van der Waals surface area contributed by atoms with Gasteiger partial charge in [-0.3, -0.25) is 0 Å². The topological polar surface area (TPSA) is 49.3 Å². The number of carbonyl (C=O) groups is 1. The minimum atomic E-state index is -1.03. The second-order valence-electron chi connectivity index (χ2n) is 2.75. The number of carboxylic acids is 1. The van der Waals surface area contributed by atoms with Crippen molar-refractivity contribution in [2.45, 2.75) is 0 Å². The molecule has 5 heteroatoms. The molecule has 1 rings (SSSR count). The lowest BCUT2D eigenvalue weighted by atomic mass is 10.2. The van der Waals surface area contributed by atoms with Crippen molar-refractivity contribution in [3.8, 4) is 0 Å². The normalized spacial score (nSPS) is 10.6. The lowest BCUT2D eigenvalue weighted by Crippen LogP contribution is -1.91. The summed E-state index contributed by atoms with van der Waals surface area (Å²) in [6.45, 7) is 0. The van der Waals surface area contributed by atoms with E-state index in [-0.39, 0.29) is 0 Å². The summed E-state index contributed by atoms with van der Waals surface area (Å²) in [6.07, 6.45) is 2.41. The number of carboxylic acid groups (broad SMARTS) is 1. The van der Waals surface area contributed by atoms with E-state index in [4.69, 9.17) is 28.3 Å². The lowest BCUT2D eigenvalue weighted by molar-refractivity contribution is -0.131. The fourth-order valence-electron chi connectivity index (χ4n) is 1.05. The Morgan fingerprint density at radius 3 is 2.60 bits per heavy atom. The number of rotatable bonds is 3. The van der Waals surface area contributed by atoms with E-state index in [2.05, 4.69) is 5.32 Å². The van der Waals surface area contributed by atoms with E-state index in [0.717, 1.165) is 6.08 Å². The zero-order chi connectivity index (χ0) is 11.4. The second-order valence-corrected chi connectivity index (χ2v) is 3.51. The average Bonchev–Trinajstić information content (AvgIpc) is 2.20. The summed E-state index contributed by atoms with van der Waals surface area (Å²) < 4.78 is 0. The monoisotopic (exact) mass is 245 g/mol. The molecule has 0 spiro atoms. The molecule has 0 fully saturated rings. The molecular formula is C10H9Cl2NO2. The third-order valence-corrected chi connectivity index (χ3v) is 2.68. The third-order valence-electron chi connectivity index (χ3n) is 1.79. The van der Waals surface area contributed by atoms with Crippen LogP contribution < -0.4 is 5.32 Å². The van der Waals surface area contributed by atoms with Crippen LogP contribution in [0.25, 0.3) is 6.08 Å². The zero-order valence-electron chi connectivity index (χ0n) is 7.92. The van der Waals surface area contributed by atoms with Crippen molar-refractivity contribution in [1.29, 1.82) is 0 Å². The maximum absolute atomic E-state index is 10.3.